The summed E-state index contributed by atoms with van der Waals surface area (Å²) >= 11 is 0. The highest BCUT2D eigenvalue weighted by Crippen LogP contribution is 2.28. The van der Waals surface area contributed by atoms with Gasteiger partial charge in [-0.1, -0.05) is 0 Å². The molecule has 0 aromatic rings. The second-order valence-electron chi connectivity index (χ2n) is 5.90. The van der Waals surface area contributed by atoms with Crippen LogP contribution in [0.3, 0.4) is 0 Å². The van der Waals surface area contributed by atoms with E-state index in [2.05, 4.69) is 0 Å². The van der Waals surface area contributed by atoms with E-state index in [1.165, 1.54) is 32.1 Å². The quantitative estimate of drug-likeness (QED) is 0.588. The number of ether oxygens (including phenoxy) is 3. The molecular formula is C16H27NO7. The third-order valence-electron chi connectivity index (χ3n) is 3.81. The van der Waals surface area contributed by atoms with Crippen molar-refractivity contribution < 1.29 is 34.0 Å². The monoisotopic (exact) mass is 345 g/mol. The maximum atomic E-state index is 12.0. The fraction of sp³-hybridized carbons (Fsp3) is 0.750. The summed E-state index contributed by atoms with van der Waals surface area (Å²) in [5.74, 6) is -0.567. The molecule has 0 radical (unpaired) electrons. The van der Waals surface area contributed by atoms with E-state index in [1.807, 2.05) is 0 Å². The minimum atomic E-state index is -1.12. The third-order valence-corrected chi connectivity index (χ3v) is 3.81. The van der Waals surface area contributed by atoms with Crippen molar-refractivity contribution in [2.75, 3.05) is 20.3 Å². The number of hydrogen-bond donors (Lipinski definition) is 2. The number of carbonyl (C=O) groups is 2. The zero-order valence-electron chi connectivity index (χ0n) is 14.8. The fourth-order valence-corrected chi connectivity index (χ4v) is 2.43. The topological polar surface area (TPSA) is 106 Å². The van der Waals surface area contributed by atoms with Gasteiger partial charge < -0.3 is 24.4 Å². The summed E-state index contributed by atoms with van der Waals surface area (Å²) in [4.78, 5) is 24.7. The largest absolute Gasteiger partial charge is 0.394 e. The summed E-state index contributed by atoms with van der Waals surface area (Å²) in [6.07, 6.45) is -2.82. The Bertz CT molecular complexity index is 479. The second kappa shape index (κ2) is 9.24. The van der Waals surface area contributed by atoms with Crippen LogP contribution in [0.15, 0.2) is 11.8 Å². The molecule has 5 atom stereocenters. The van der Waals surface area contributed by atoms with Crippen molar-refractivity contribution in [3.8, 4) is 0 Å². The Morgan fingerprint density at radius 3 is 2.42 bits per heavy atom. The molecule has 138 valence electrons. The lowest BCUT2D eigenvalue weighted by molar-refractivity contribution is -0.153. The van der Waals surface area contributed by atoms with Crippen molar-refractivity contribution in [1.29, 1.82) is 0 Å². The van der Waals surface area contributed by atoms with Gasteiger partial charge in [-0.05, 0) is 20.8 Å². The van der Waals surface area contributed by atoms with Crippen LogP contribution in [0.5, 0.6) is 0 Å². The van der Waals surface area contributed by atoms with Crippen LogP contribution in [0.4, 0.5) is 0 Å². The second-order valence-corrected chi connectivity index (χ2v) is 5.90. The Hall–Kier alpha value is -1.32. The number of ketones is 1. The highest BCUT2D eigenvalue weighted by molar-refractivity contribution is 5.93. The van der Waals surface area contributed by atoms with Crippen molar-refractivity contribution >= 4 is 11.7 Å². The van der Waals surface area contributed by atoms with E-state index in [9.17, 15) is 19.8 Å². The molecule has 0 aliphatic carbocycles. The van der Waals surface area contributed by atoms with Gasteiger partial charge in [-0.25, -0.2) is 0 Å². The molecule has 8 nitrogen and oxygen atoms in total. The van der Waals surface area contributed by atoms with Gasteiger partial charge in [0.05, 0.1) is 19.3 Å². The highest BCUT2D eigenvalue weighted by Gasteiger charge is 2.48. The van der Waals surface area contributed by atoms with E-state index in [0.29, 0.717) is 12.2 Å². The molecule has 8 heteroatoms. The first-order chi connectivity index (χ1) is 11.2. The van der Waals surface area contributed by atoms with E-state index in [4.69, 9.17) is 14.2 Å². The predicted octanol–water partition coefficient (Wildman–Crippen LogP) is -0.174. The fourth-order valence-electron chi connectivity index (χ4n) is 2.43. The number of rotatable bonds is 8. The lowest BCUT2D eigenvalue weighted by Gasteiger charge is -2.31. The third kappa shape index (κ3) is 5.09. The molecule has 1 aliphatic rings. The van der Waals surface area contributed by atoms with Crippen LogP contribution in [0.2, 0.25) is 0 Å². The molecule has 1 saturated heterocycles. The van der Waals surface area contributed by atoms with E-state index < -0.39 is 31.1 Å². The van der Waals surface area contributed by atoms with Gasteiger partial charge in [0.15, 0.2) is 12.0 Å². The van der Waals surface area contributed by atoms with Crippen molar-refractivity contribution in [2.45, 2.75) is 58.3 Å². The van der Waals surface area contributed by atoms with Crippen molar-refractivity contribution in [3.63, 3.8) is 0 Å². The van der Waals surface area contributed by atoms with E-state index in [-0.39, 0.29) is 17.8 Å². The van der Waals surface area contributed by atoms with Crippen LogP contribution < -0.4 is 0 Å². The maximum Gasteiger partial charge on any atom is 0.225 e. The Balaban J connectivity index is 3.10. The minimum Gasteiger partial charge on any atom is -0.394 e. The van der Waals surface area contributed by atoms with Gasteiger partial charge in [0.1, 0.15) is 18.3 Å². The molecule has 2 unspecified atom stereocenters. The number of Topliss-reactive ketones (excluding diaryl/α,β-unsaturated/α-hetero) is 1. The smallest absolute Gasteiger partial charge is 0.225 e. The average molecular weight is 345 g/mol. The number of allylic oxidation sites excluding steroid dienone is 1. The van der Waals surface area contributed by atoms with Crippen LogP contribution in [0.25, 0.3) is 0 Å². The number of carbonyl (C=O) groups excluding carboxylic acids is 2. The lowest BCUT2D eigenvalue weighted by Crippen LogP contribution is -2.47. The Morgan fingerprint density at radius 1 is 1.33 bits per heavy atom. The van der Waals surface area contributed by atoms with Crippen LogP contribution in [-0.4, -0.2) is 77.8 Å². The molecule has 0 aromatic carbocycles. The molecular weight excluding hydrogens is 318 g/mol. The van der Waals surface area contributed by atoms with Gasteiger partial charge in [-0.3, -0.25) is 14.5 Å². The van der Waals surface area contributed by atoms with Crippen LogP contribution in [0.1, 0.15) is 27.7 Å². The minimum absolute atomic E-state index is 0.191. The zero-order chi connectivity index (χ0) is 18.4. The number of amides is 1. The molecule has 0 spiro atoms. The number of nitrogens with zero attached hydrogens (tertiary/aromatic N) is 1. The molecule has 1 aliphatic heterocycles. The van der Waals surface area contributed by atoms with E-state index in [0.717, 1.165) is 0 Å². The van der Waals surface area contributed by atoms with E-state index >= 15 is 0 Å². The molecule has 2 N–H and O–H groups in total. The Morgan fingerprint density at radius 2 is 1.96 bits per heavy atom. The first-order valence-corrected chi connectivity index (χ1v) is 7.79. The maximum absolute atomic E-state index is 12.0. The summed E-state index contributed by atoms with van der Waals surface area (Å²) < 4.78 is 16.4. The highest BCUT2D eigenvalue weighted by atomic mass is 16.6. The van der Waals surface area contributed by atoms with Gasteiger partial charge >= 0.3 is 0 Å². The van der Waals surface area contributed by atoms with Crippen LogP contribution in [0, 0.1) is 0 Å². The molecule has 1 amide bonds. The number of aliphatic hydroxyl groups is 2. The van der Waals surface area contributed by atoms with Crippen molar-refractivity contribution in [2.24, 2.45) is 0 Å². The number of hydrogen-bond acceptors (Lipinski definition) is 7. The summed E-state index contributed by atoms with van der Waals surface area (Å²) in [6.45, 7) is 5.92. The normalized spacial score (nSPS) is 28.7. The van der Waals surface area contributed by atoms with Gasteiger partial charge in [0, 0.05) is 25.8 Å². The SMILES string of the molecule is COCC(C)O[C@H]1C(O)[C@@H](CO)O[C@H]1N(/C=C(/C)C(C)=O)C(C)=O. The van der Waals surface area contributed by atoms with Gasteiger partial charge in [-0.15, -0.1) is 0 Å². The van der Waals surface area contributed by atoms with E-state index in [1.54, 1.807) is 13.8 Å². The van der Waals surface area contributed by atoms with Gasteiger partial charge in [0.2, 0.25) is 5.91 Å². The first-order valence-electron chi connectivity index (χ1n) is 7.79. The lowest BCUT2D eigenvalue weighted by atomic mass is 10.1. The summed E-state index contributed by atoms with van der Waals surface area (Å²) in [7, 11) is 1.52. The Labute approximate surface area is 142 Å². The molecule has 1 fully saturated rings. The average Bonchev–Trinajstić information content (AvgIpc) is 2.80. The number of methoxy groups -OCH3 is 1. The molecule has 0 bridgehead atoms. The molecule has 24 heavy (non-hydrogen) atoms. The van der Waals surface area contributed by atoms with Crippen LogP contribution >= 0.6 is 0 Å². The Kier molecular flexibility index (Phi) is 7.98. The standard InChI is InChI=1S/C16H27NO7/c1-9(11(3)19)6-17(12(4)20)16-15(23-10(2)8-22-5)14(21)13(7-18)24-16/h6,10,13-16,18,21H,7-8H2,1-5H3/b9-6-/t10?,13-,14?,15+,16-/m1/s1. The predicted molar refractivity (Wildman–Crippen MR) is 84.9 cm³/mol. The zero-order valence-corrected chi connectivity index (χ0v) is 14.8. The molecule has 0 saturated carbocycles. The van der Waals surface area contributed by atoms with Gasteiger partial charge in [-0.2, -0.15) is 0 Å². The van der Waals surface area contributed by atoms with Crippen molar-refractivity contribution in [1.82, 2.24) is 4.90 Å². The summed E-state index contributed by atoms with van der Waals surface area (Å²) in [5.41, 5.74) is 0.361. The van der Waals surface area contributed by atoms with Crippen LogP contribution in [-0.2, 0) is 23.8 Å². The first kappa shape index (κ1) is 20.7. The van der Waals surface area contributed by atoms with Gasteiger partial charge in [0.25, 0.3) is 0 Å². The molecule has 0 aromatic heterocycles. The molecule has 1 rings (SSSR count). The van der Waals surface area contributed by atoms with Crippen molar-refractivity contribution in [3.05, 3.63) is 11.8 Å². The summed E-state index contributed by atoms with van der Waals surface area (Å²) in [5, 5.41) is 19.7. The summed E-state index contributed by atoms with van der Waals surface area (Å²) in [6, 6.07) is 0. The molecule has 1 heterocycles. The number of aliphatic hydroxyl groups excluding tert-OH is 2.